The average molecular weight is 224 g/mol. The van der Waals surface area contributed by atoms with E-state index in [4.69, 9.17) is 9.47 Å². The van der Waals surface area contributed by atoms with Crippen LogP contribution in [0.2, 0.25) is 0 Å². The number of urea groups is 1. The van der Waals surface area contributed by atoms with E-state index in [1.165, 1.54) is 19.1 Å². The second kappa shape index (κ2) is 6.81. The number of rotatable bonds is 5. The summed E-state index contributed by atoms with van der Waals surface area (Å²) in [7, 11) is 3.05. The first-order valence-corrected chi connectivity index (χ1v) is 4.86. The number of nitrogens with zero attached hydrogens (tertiary/aromatic N) is 1. The molecule has 88 valence electrons. The van der Waals surface area contributed by atoms with E-state index in [-0.39, 0.29) is 19.5 Å². The number of carbonyl (C=O) groups excluding carboxylic acids is 1. The quantitative estimate of drug-likeness (QED) is 0.775. The van der Waals surface area contributed by atoms with Crippen molar-refractivity contribution < 1.29 is 14.3 Å². The molecular formula is C11H16N2O3. The van der Waals surface area contributed by atoms with Gasteiger partial charge in [0.25, 0.3) is 0 Å². The summed E-state index contributed by atoms with van der Waals surface area (Å²) in [6.07, 6.45) is 0. The molecule has 1 N–H and O–H groups in total. The number of anilines is 1. The van der Waals surface area contributed by atoms with E-state index in [0.29, 0.717) is 0 Å². The highest BCUT2D eigenvalue weighted by Gasteiger charge is 2.12. The molecule has 0 heterocycles. The fraction of sp³-hybridized carbons (Fsp3) is 0.364. The number of benzene rings is 1. The molecule has 0 atom stereocenters. The van der Waals surface area contributed by atoms with Crippen molar-refractivity contribution in [3.63, 3.8) is 0 Å². The number of methoxy groups -OCH3 is 2. The molecule has 0 bridgehead atoms. The summed E-state index contributed by atoms with van der Waals surface area (Å²) in [5.74, 6) is 0. The van der Waals surface area contributed by atoms with Gasteiger partial charge in [-0.05, 0) is 12.1 Å². The van der Waals surface area contributed by atoms with E-state index >= 15 is 0 Å². The van der Waals surface area contributed by atoms with Crippen molar-refractivity contribution in [1.82, 2.24) is 4.90 Å². The molecule has 1 rings (SSSR count). The van der Waals surface area contributed by atoms with Crippen LogP contribution in [0.1, 0.15) is 0 Å². The molecule has 0 unspecified atom stereocenters. The van der Waals surface area contributed by atoms with Crippen LogP contribution >= 0.6 is 0 Å². The summed E-state index contributed by atoms with van der Waals surface area (Å²) in [6.45, 7) is 0.374. The van der Waals surface area contributed by atoms with Gasteiger partial charge in [-0.3, -0.25) is 4.90 Å². The third kappa shape index (κ3) is 3.88. The third-order valence-corrected chi connectivity index (χ3v) is 1.88. The van der Waals surface area contributed by atoms with E-state index in [2.05, 4.69) is 5.32 Å². The molecule has 16 heavy (non-hydrogen) atoms. The van der Waals surface area contributed by atoms with Crippen LogP contribution in [-0.2, 0) is 9.47 Å². The van der Waals surface area contributed by atoms with Crippen LogP contribution in [0.4, 0.5) is 10.5 Å². The normalized spacial score (nSPS) is 9.88. The van der Waals surface area contributed by atoms with E-state index in [9.17, 15) is 4.79 Å². The highest BCUT2D eigenvalue weighted by atomic mass is 16.5. The Balaban J connectivity index is 2.55. The second-order valence-corrected chi connectivity index (χ2v) is 3.17. The Labute approximate surface area is 95.0 Å². The standard InChI is InChI=1S/C11H16N2O3/c1-15-8-13(9-16-2)11(14)12-10-6-4-3-5-7-10/h3-7H,8-9H2,1-2H3,(H,12,14). The van der Waals surface area contributed by atoms with Crippen molar-refractivity contribution in [2.24, 2.45) is 0 Å². The number of para-hydroxylation sites is 1. The zero-order valence-corrected chi connectivity index (χ0v) is 9.47. The molecule has 2 amide bonds. The van der Waals surface area contributed by atoms with Gasteiger partial charge in [-0.15, -0.1) is 0 Å². The highest BCUT2D eigenvalue weighted by molar-refractivity contribution is 5.89. The predicted molar refractivity (Wildman–Crippen MR) is 61.1 cm³/mol. The van der Waals surface area contributed by atoms with Gasteiger partial charge in [0.05, 0.1) is 0 Å². The zero-order valence-electron chi connectivity index (χ0n) is 9.47. The molecule has 5 nitrogen and oxygen atoms in total. The SMILES string of the molecule is COCN(COC)C(=O)Nc1ccccc1. The van der Waals surface area contributed by atoms with E-state index in [1.807, 2.05) is 30.3 Å². The minimum Gasteiger partial charge on any atom is -0.364 e. The largest absolute Gasteiger partial charge is 0.364 e. The topological polar surface area (TPSA) is 50.8 Å². The van der Waals surface area contributed by atoms with Crippen LogP contribution in [0.5, 0.6) is 0 Å². The van der Waals surface area contributed by atoms with Crippen molar-refractivity contribution >= 4 is 11.7 Å². The number of carbonyl (C=O) groups is 1. The number of hydrogen-bond acceptors (Lipinski definition) is 3. The smallest absolute Gasteiger partial charge is 0.325 e. The molecule has 0 spiro atoms. The Morgan fingerprint density at radius 3 is 2.25 bits per heavy atom. The Bertz CT molecular complexity index is 310. The molecule has 0 radical (unpaired) electrons. The Hall–Kier alpha value is -1.59. The number of hydrogen-bond donors (Lipinski definition) is 1. The monoisotopic (exact) mass is 224 g/mol. The number of ether oxygens (including phenoxy) is 2. The van der Waals surface area contributed by atoms with Gasteiger partial charge in [-0.2, -0.15) is 0 Å². The predicted octanol–water partition coefficient (Wildman–Crippen LogP) is 1.73. The highest BCUT2D eigenvalue weighted by Crippen LogP contribution is 2.06. The van der Waals surface area contributed by atoms with E-state index in [0.717, 1.165) is 5.69 Å². The molecule has 0 aliphatic rings. The van der Waals surface area contributed by atoms with Crippen LogP contribution < -0.4 is 5.32 Å². The Morgan fingerprint density at radius 1 is 1.19 bits per heavy atom. The first-order valence-electron chi connectivity index (χ1n) is 4.86. The fourth-order valence-electron chi connectivity index (χ4n) is 1.19. The molecule has 0 saturated carbocycles. The molecule has 0 fully saturated rings. The number of amides is 2. The van der Waals surface area contributed by atoms with Crippen molar-refractivity contribution in [1.29, 1.82) is 0 Å². The summed E-state index contributed by atoms with van der Waals surface area (Å²) in [5, 5.41) is 2.74. The first kappa shape index (κ1) is 12.5. The zero-order chi connectivity index (χ0) is 11.8. The summed E-state index contributed by atoms with van der Waals surface area (Å²) >= 11 is 0. The fourth-order valence-corrected chi connectivity index (χ4v) is 1.19. The molecule has 0 aliphatic carbocycles. The molecular weight excluding hydrogens is 208 g/mol. The van der Waals surface area contributed by atoms with Crippen molar-refractivity contribution in [2.45, 2.75) is 0 Å². The molecule has 1 aromatic rings. The van der Waals surface area contributed by atoms with Crippen LogP contribution in [0.25, 0.3) is 0 Å². The first-order chi connectivity index (χ1) is 7.77. The molecule has 1 aromatic carbocycles. The van der Waals surface area contributed by atoms with Gasteiger partial charge in [0, 0.05) is 19.9 Å². The lowest BCUT2D eigenvalue weighted by Gasteiger charge is -2.20. The van der Waals surface area contributed by atoms with Gasteiger partial charge in [-0.1, -0.05) is 18.2 Å². The van der Waals surface area contributed by atoms with E-state index in [1.54, 1.807) is 0 Å². The number of nitrogens with one attached hydrogen (secondary N) is 1. The minimum absolute atomic E-state index is 0.187. The summed E-state index contributed by atoms with van der Waals surface area (Å²) < 4.78 is 9.80. The summed E-state index contributed by atoms with van der Waals surface area (Å²) in [4.78, 5) is 13.2. The van der Waals surface area contributed by atoms with Gasteiger partial charge < -0.3 is 14.8 Å². The average Bonchev–Trinajstić information content (AvgIpc) is 2.30. The summed E-state index contributed by atoms with van der Waals surface area (Å²) in [5.41, 5.74) is 0.740. The van der Waals surface area contributed by atoms with Crippen LogP contribution in [0, 0.1) is 0 Å². The van der Waals surface area contributed by atoms with E-state index < -0.39 is 0 Å². The lowest BCUT2D eigenvalue weighted by molar-refractivity contribution is 0.0167. The third-order valence-electron chi connectivity index (χ3n) is 1.88. The van der Waals surface area contributed by atoms with Crippen LogP contribution in [0.15, 0.2) is 30.3 Å². The molecule has 0 aliphatic heterocycles. The maximum atomic E-state index is 11.7. The van der Waals surface area contributed by atoms with Crippen LogP contribution in [-0.4, -0.2) is 38.6 Å². The van der Waals surface area contributed by atoms with Crippen LogP contribution in [0.3, 0.4) is 0 Å². The van der Waals surface area contributed by atoms with Crippen molar-refractivity contribution in [3.8, 4) is 0 Å². The van der Waals surface area contributed by atoms with Crippen molar-refractivity contribution in [3.05, 3.63) is 30.3 Å². The summed E-state index contributed by atoms with van der Waals surface area (Å²) in [6, 6.07) is 8.97. The lowest BCUT2D eigenvalue weighted by atomic mass is 10.3. The Kier molecular flexibility index (Phi) is 5.31. The maximum Gasteiger partial charge on any atom is 0.325 e. The minimum atomic E-state index is -0.255. The van der Waals surface area contributed by atoms with Gasteiger partial charge in [0.2, 0.25) is 0 Å². The van der Waals surface area contributed by atoms with Gasteiger partial charge in [0.15, 0.2) is 0 Å². The molecule has 0 aromatic heterocycles. The van der Waals surface area contributed by atoms with Crippen molar-refractivity contribution in [2.75, 3.05) is 33.0 Å². The lowest BCUT2D eigenvalue weighted by Crippen LogP contribution is -2.37. The maximum absolute atomic E-state index is 11.7. The molecule has 5 heteroatoms. The van der Waals surface area contributed by atoms with Gasteiger partial charge in [0.1, 0.15) is 13.5 Å². The molecule has 0 saturated heterocycles. The Morgan fingerprint density at radius 2 is 1.75 bits per heavy atom. The van der Waals surface area contributed by atoms with Gasteiger partial charge >= 0.3 is 6.03 Å². The van der Waals surface area contributed by atoms with Gasteiger partial charge in [-0.25, -0.2) is 4.79 Å². The second-order valence-electron chi connectivity index (χ2n) is 3.17.